The Kier molecular flexibility index (Phi) is 5.93. The van der Waals surface area contributed by atoms with Gasteiger partial charge in [0.15, 0.2) is 11.5 Å². The van der Waals surface area contributed by atoms with Gasteiger partial charge in [-0.3, -0.25) is 4.57 Å². The Morgan fingerprint density at radius 2 is 1.69 bits per heavy atom. The van der Waals surface area contributed by atoms with Crippen LogP contribution in [0, 0.1) is 0 Å². The molecule has 0 aliphatic carbocycles. The molecule has 3 heterocycles. The molecule has 0 spiro atoms. The van der Waals surface area contributed by atoms with Crippen LogP contribution in [0.25, 0.3) is 28.2 Å². The Labute approximate surface area is 204 Å². The number of imidazole rings is 1. The number of benzene rings is 2. The van der Waals surface area contributed by atoms with Crippen molar-refractivity contribution in [2.45, 2.75) is 32.2 Å². The largest absolute Gasteiger partial charge is 0.439 e. The van der Waals surface area contributed by atoms with Crippen LogP contribution in [0.1, 0.15) is 32.3 Å². The van der Waals surface area contributed by atoms with E-state index in [4.69, 9.17) is 26.2 Å². The molecule has 0 saturated heterocycles. The normalized spacial score (nSPS) is 13.0. The molecule has 2 aromatic carbocycles. The minimum absolute atomic E-state index is 0.393. The van der Waals surface area contributed by atoms with E-state index >= 15 is 0 Å². The van der Waals surface area contributed by atoms with Crippen LogP contribution >= 0.6 is 0 Å². The maximum Gasteiger partial charge on any atom is 0.221 e. The lowest BCUT2D eigenvalue weighted by Crippen LogP contribution is -2.32. The van der Waals surface area contributed by atoms with Crippen molar-refractivity contribution in [3.05, 3.63) is 90.6 Å². The van der Waals surface area contributed by atoms with Crippen LogP contribution in [0.15, 0.2) is 85.1 Å². The first kappa shape index (κ1) is 22.6. The van der Waals surface area contributed by atoms with E-state index in [0.717, 1.165) is 35.2 Å². The summed E-state index contributed by atoms with van der Waals surface area (Å²) in [5.41, 5.74) is 16.5. The van der Waals surface area contributed by atoms with Gasteiger partial charge in [0.1, 0.15) is 17.1 Å². The topological polar surface area (TPSA) is 105 Å². The average molecular weight is 465 g/mol. The van der Waals surface area contributed by atoms with E-state index in [1.807, 2.05) is 71.3 Å². The molecule has 0 aliphatic rings. The van der Waals surface area contributed by atoms with Crippen molar-refractivity contribution in [3.8, 4) is 28.7 Å². The molecule has 5 aromatic rings. The Balaban J connectivity index is 1.66. The Hall–Kier alpha value is -4.23. The second-order valence-corrected chi connectivity index (χ2v) is 8.83. The first-order valence-electron chi connectivity index (χ1n) is 11.7. The standard InChI is InChI=1S/C28H28N6O/c1-3-17-28(2,30)19-11-13-20(14-12-19)34-26(22-10-7-18-31-25(22)29)32-23-15-16-24(33-27(23)34)35-21-8-5-4-6-9-21/h4-16,18H,3,17,30H2,1-2H3,(H2,29,31)/t28-/m0/s1. The van der Waals surface area contributed by atoms with Crippen molar-refractivity contribution in [1.82, 2.24) is 19.5 Å². The van der Waals surface area contributed by atoms with Crippen LogP contribution in [-0.4, -0.2) is 19.5 Å². The fraction of sp³-hybridized carbons (Fsp3) is 0.179. The number of fused-ring (bicyclic) bond motifs is 1. The predicted octanol–water partition coefficient (Wildman–Crippen LogP) is 5.83. The molecular weight excluding hydrogens is 436 g/mol. The van der Waals surface area contributed by atoms with Crippen molar-refractivity contribution >= 4 is 17.0 Å². The second kappa shape index (κ2) is 9.19. The van der Waals surface area contributed by atoms with Gasteiger partial charge in [-0.25, -0.2) is 9.97 Å². The molecule has 0 unspecified atom stereocenters. The summed E-state index contributed by atoms with van der Waals surface area (Å²) in [5, 5.41) is 0. The third-order valence-corrected chi connectivity index (χ3v) is 6.08. The lowest BCUT2D eigenvalue weighted by atomic mass is 9.89. The van der Waals surface area contributed by atoms with Crippen molar-refractivity contribution in [3.63, 3.8) is 0 Å². The fourth-order valence-corrected chi connectivity index (χ4v) is 4.29. The lowest BCUT2D eigenvalue weighted by molar-refractivity contribution is 0.446. The van der Waals surface area contributed by atoms with Gasteiger partial charge in [-0.15, -0.1) is 0 Å². The van der Waals surface area contributed by atoms with E-state index in [-0.39, 0.29) is 0 Å². The van der Waals surface area contributed by atoms with Crippen molar-refractivity contribution < 1.29 is 4.74 Å². The molecule has 4 N–H and O–H groups in total. The number of hydrogen-bond acceptors (Lipinski definition) is 6. The van der Waals surface area contributed by atoms with E-state index in [1.54, 1.807) is 6.20 Å². The smallest absolute Gasteiger partial charge is 0.221 e. The van der Waals surface area contributed by atoms with Gasteiger partial charge in [0, 0.05) is 23.5 Å². The molecule has 176 valence electrons. The quantitative estimate of drug-likeness (QED) is 0.314. The van der Waals surface area contributed by atoms with E-state index in [1.165, 1.54) is 0 Å². The highest BCUT2D eigenvalue weighted by molar-refractivity contribution is 5.83. The van der Waals surface area contributed by atoms with Crippen molar-refractivity contribution in [2.24, 2.45) is 5.73 Å². The van der Waals surface area contributed by atoms with Gasteiger partial charge in [-0.1, -0.05) is 43.7 Å². The molecule has 0 bridgehead atoms. The highest BCUT2D eigenvalue weighted by Crippen LogP contribution is 2.33. The monoisotopic (exact) mass is 464 g/mol. The van der Waals surface area contributed by atoms with Crippen LogP contribution in [0.4, 0.5) is 5.82 Å². The van der Waals surface area contributed by atoms with Crippen LogP contribution in [0.5, 0.6) is 11.6 Å². The second-order valence-electron chi connectivity index (χ2n) is 8.83. The van der Waals surface area contributed by atoms with Gasteiger partial charge in [0.2, 0.25) is 5.88 Å². The number of nitrogen functional groups attached to an aromatic ring is 1. The predicted molar refractivity (Wildman–Crippen MR) is 139 cm³/mol. The maximum absolute atomic E-state index is 6.57. The summed E-state index contributed by atoms with van der Waals surface area (Å²) in [7, 11) is 0. The molecule has 0 saturated carbocycles. The van der Waals surface area contributed by atoms with Gasteiger partial charge in [0.05, 0.1) is 5.56 Å². The zero-order chi connectivity index (χ0) is 24.4. The highest BCUT2D eigenvalue weighted by Gasteiger charge is 2.22. The summed E-state index contributed by atoms with van der Waals surface area (Å²) in [5.74, 6) is 2.25. The van der Waals surface area contributed by atoms with E-state index < -0.39 is 5.54 Å². The van der Waals surface area contributed by atoms with Gasteiger partial charge in [-0.2, -0.15) is 4.98 Å². The lowest BCUT2D eigenvalue weighted by Gasteiger charge is -2.25. The number of para-hydroxylation sites is 1. The number of nitrogens with two attached hydrogens (primary N) is 2. The maximum atomic E-state index is 6.57. The van der Waals surface area contributed by atoms with Crippen molar-refractivity contribution in [2.75, 3.05) is 5.73 Å². The summed E-state index contributed by atoms with van der Waals surface area (Å²) in [4.78, 5) is 13.9. The van der Waals surface area contributed by atoms with Crippen LogP contribution in [0.2, 0.25) is 0 Å². The number of rotatable bonds is 7. The molecule has 5 rings (SSSR count). The zero-order valence-electron chi connectivity index (χ0n) is 19.8. The molecule has 7 heteroatoms. The molecule has 0 radical (unpaired) electrons. The molecular formula is C28H28N6O. The minimum atomic E-state index is -0.393. The molecule has 0 aliphatic heterocycles. The van der Waals surface area contributed by atoms with Crippen molar-refractivity contribution in [1.29, 1.82) is 0 Å². The first-order valence-corrected chi connectivity index (χ1v) is 11.7. The number of hydrogen-bond donors (Lipinski definition) is 2. The Morgan fingerprint density at radius 1 is 0.914 bits per heavy atom. The third kappa shape index (κ3) is 4.46. The molecule has 1 atom stereocenters. The molecule has 35 heavy (non-hydrogen) atoms. The van der Waals surface area contributed by atoms with E-state index in [2.05, 4.69) is 31.0 Å². The number of pyridine rings is 2. The molecule has 7 nitrogen and oxygen atoms in total. The fourth-order valence-electron chi connectivity index (χ4n) is 4.29. The van der Waals surface area contributed by atoms with Gasteiger partial charge >= 0.3 is 0 Å². The first-order chi connectivity index (χ1) is 17.0. The summed E-state index contributed by atoms with van der Waals surface area (Å²) >= 11 is 0. The van der Waals surface area contributed by atoms with Crippen LogP contribution in [-0.2, 0) is 5.54 Å². The van der Waals surface area contributed by atoms with E-state index in [9.17, 15) is 0 Å². The summed E-state index contributed by atoms with van der Waals surface area (Å²) in [6.07, 6.45) is 3.58. The third-order valence-electron chi connectivity index (χ3n) is 6.08. The summed E-state index contributed by atoms with van der Waals surface area (Å²) in [6.45, 7) is 4.21. The minimum Gasteiger partial charge on any atom is -0.439 e. The Bertz CT molecular complexity index is 1460. The highest BCUT2D eigenvalue weighted by atomic mass is 16.5. The molecule has 0 fully saturated rings. The average Bonchev–Trinajstić information content (AvgIpc) is 3.23. The van der Waals surface area contributed by atoms with Gasteiger partial charge in [-0.05, 0) is 61.4 Å². The number of ether oxygens (including phenoxy) is 1. The van der Waals surface area contributed by atoms with Gasteiger partial charge < -0.3 is 16.2 Å². The summed E-state index contributed by atoms with van der Waals surface area (Å²) < 4.78 is 7.99. The van der Waals surface area contributed by atoms with Crippen LogP contribution < -0.4 is 16.2 Å². The summed E-state index contributed by atoms with van der Waals surface area (Å²) in [6, 6.07) is 25.3. The number of anilines is 1. The van der Waals surface area contributed by atoms with E-state index in [0.29, 0.717) is 28.9 Å². The molecule has 3 aromatic heterocycles. The zero-order valence-corrected chi connectivity index (χ0v) is 19.8. The number of aromatic nitrogens is 4. The Morgan fingerprint density at radius 3 is 2.40 bits per heavy atom. The SMILES string of the molecule is CCC[C@](C)(N)c1ccc(-n2c(-c3cccnc3N)nc3ccc(Oc4ccccc4)nc32)cc1. The van der Waals surface area contributed by atoms with Crippen LogP contribution in [0.3, 0.4) is 0 Å². The number of nitrogens with zero attached hydrogens (tertiary/aromatic N) is 4. The molecule has 0 amide bonds. The van der Waals surface area contributed by atoms with Gasteiger partial charge in [0.25, 0.3) is 0 Å².